The van der Waals surface area contributed by atoms with E-state index in [0.29, 0.717) is 12.4 Å². The van der Waals surface area contributed by atoms with Crippen LogP contribution in [0.1, 0.15) is 32.8 Å². The summed E-state index contributed by atoms with van der Waals surface area (Å²) in [6, 6.07) is 9.53. The third kappa shape index (κ3) is 2.79. The van der Waals surface area contributed by atoms with Crippen LogP contribution in [-0.4, -0.2) is 28.1 Å². The minimum atomic E-state index is -0.549. The smallest absolute Gasteiger partial charge is 0.237 e. The Labute approximate surface area is 141 Å². The number of anilines is 2. The highest BCUT2D eigenvalue weighted by atomic mass is 16.2. The molecule has 2 aromatic rings. The first-order chi connectivity index (χ1) is 11.4. The van der Waals surface area contributed by atoms with E-state index in [-0.39, 0.29) is 18.2 Å². The number of para-hydroxylation sites is 1. The molecule has 1 N–H and O–H groups in total. The Balaban J connectivity index is 1.66. The second kappa shape index (κ2) is 6.11. The Kier molecular flexibility index (Phi) is 4.13. The highest BCUT2D eigenvalue weighted by Crippen LogP contribution is 2.41. The van der Waals surface area contributed by atoms with Crippen LogP contribution in [0.3, 0.4) is 0 Å². The summed E-state index contributed by atoms with van der Waals surface area (Å²) in [6.07, 6.45) is 2.05. The fourth-order valence-electron chi connectivity index (χ4n) is 3.04. The van der Waals surface area contributed by atoms with Gasteiger partial charge in [0.05, 0.1) is 5.41 Å². The van der Waals surface area contributed by atoms with Gasteiger partial charge < -0.3 is 10.2 Å². The zero-order valence-electron chi connectivity index (χ0n) is 14.2. The lowest BCUT2D eigenvalue weighted by Crippen LogP contribution is -2.37. The van der Waals surface area contributed by atoms with Crippen molar-refractivity contribution >= 4 is 23.3 Å². The molecule has 2 amide bonds. The average Bonchev–Trinajstić information content (AvgIpc) is 3.09. The summed E-state index contributed by atoms with van der Waals surface area (Å²) >= 11 is 0. The molecule has 1 aromatic carbocycles. The first-order valence-corrected chi connectivity index (χ1v) is 8.18. The molecule has 0 aliphatic carbocycles. The van der Waals surface area contributed by atoms with Crippen molar-refractivity contribution in [1.82, 2.24) is 9.78 Å². The van der Waals surface area contributed by atoms with E-state index >= 15 is 0 Å². The summed E-state index contributed by atoms with van der Waals surface area (Å²) in [5.74, 6) is 0.424. The summed E-state index contributed by atoms with van der Waals surface area (Å²) in [5.41, 5.74) is 1.36. The van der Waals surface area contributed by atoms with E-state index in [0.717, 1.165) is 17.8 Å². The molecule has 0 saturated carbocycles. The van der Waals surface area contributed by atoms with Crippen molar-refractivity contribution in [3.05, 3.63) is 42.1 Å². The summed E-state index contributed by atoms with van der Waals surface area (Å²) in [5, 5.41) is 7.00. The average molecular weight is 326 g/mol. The number of aromatic nitrogens is 2. The van der Waals surface area contributed by atoms with Crippen LogP contribution < -0.4 is 10.2 Å². The summed E-state index contributed by atoms with van der Waals surface area (Å²) in [7, 11) is 0. The minimum absolute atomic E-state index is 0.0340. The Hall–Kier alpha value is -2.63. The van der Waals surface area contributed by atoms with Crippen molar-refractivity contribution in [3.8, 4) is 0 Å². The molecule has 6 nitrogen and oxygen atoms in total. The second-order valence-electron chi connectivity index (χ2n) is 6.45. The maximum atomic E-state index is 12.7. The molecule has 2 heterocycles. The van der Waals surface area contributed by atoms with Crippen molar-refractivity contribution < 1.29 is 9.59 Å². The quantitative estimate of drug-likeness (QED) is 0.918. The lowest BCUT2D eigenvalue weighted by Gasteiger charge is -2.20. The molecular formula is C18H22N4O2. The van der Waals surface area contributed by atoms with Gasteiger partial charge in [-0.3, -0.25) is 14.3 Å². The molecule has 1 aliphatic heterocycles. The zero-order valence-corrected chi connectivity index (χ0v) is 14.2. The highest BCUT2D eigenvalue weighted by molar-refractivity contribution is 6.08. The number of carbonyl (C=O) groups excluding carboxylic acids is 2. The summed E-state index contributed by atoms with van der Waals surface area (Å²) in [4.78, 5) is 26.5. The standard InChI is InChI=1S/C18H22N4O2/c1-4-21-11-9-15(20-21)19-16(23)10-12-22-14-8-6-5-7-13(14)18(2,3)17(22)24/h5-9,11H,4,10,12H2,1-3H3,(H,19,20,23). The lowest BCUT2D eigenvalue weighted by atomic mass is 9.86. The zero-order chi connectivity index (χ0) is 17.3. The van der Waals surface area contributed by atoms with Gasteiger partial charge in [0.2, 0.25) is 11.8 Å². The molecule has 0 fully saturated rings. The number of benzene rings is 1. The maximum absolute atomic E-state index is 12.7. The van der Waals surface area contributed by atoms with Crippen LogP contribution in [0.25, 0.3) is 0 Å². The third-order valence-corrected chi connectivity index (χ3v) is 4.44. The maximum Gasteiger partial charge on any atom is 0.237 e. The van der Waals surface area contributed by atoms with Crippen LogP contribution in [0, 0.1) is 0 Å². The largest absolute Gasteiger partial charge is 0.311 e. The van der Waals surface area contributed by atoms with Gasteiger partial charge in [0.25, 0.3) is 0 Å². The van der Waals surface area contributed by atoms with Gasteiger partial charge in [-0.05, 0) is 32.4 Å². The van der Waals surface area contributed by atoms with E-state index in [4.69, 9.17) is 0 Å². The van der Waals surface area contributed by atoms with Gasteiger partial charge in [0.15, 0.2) is 5.82 Å². The molecule has 1 aliphatic rings. The van der Waals surface area contributed by atoms with E-state index in [1.54, 1.807) is 15.6 Å². The number of nitrogens with zero attached hydrogens (tertiary/aromatic N) is 3. The van der Waals surface area contributed by atoms with Crippen molar-refractivity contribution in [1.29, 1.82) is 0 Å². The monoisotopic (exact) mass is 326 g/mol. The number of hydrogen-bond acceptors (Lipinski definition) is 3. The third-order valence-electron chi connectivity index (χ3n) is 4.44. The molecule has 0 spiro atoms. The van der Waals surface area contributed by atoms with Gasteiger partial charge in [0, 0.05) is 37.5 Å². The molecule has 126 valence electrons. The first kappa shape index (κ1) is 16.2. The van der Waals surface area contributed by atoms with Crippen LogP contribution in [0.4, 0.5) is 11.5 Å². The van der Waals surface area contributed by atoms with Crippen LogP contribution in [0.5, 0.6) is 0 Å². The van der Waals surface area contributed by atoms with Crippen LogP contribution in [0.15, 0.2) is 36.5 Å². The SMILES string of the molecule is CCn1ccc(NC(=O)CCN2C(=O)C(C)(C)c3ccccc32)n1. The fourth-order valence-corrected chi connectivity index (χ4v) is 3.04. The first-order valence-electron chi connectivity index (χ1n) is 8.18. The van der Waals surface area contributed by atoms with Gasteiger partial charge in [-0.2, -0.15) is 5.10 Å². The van der Waals surface area contributed by atoms with E-state index < -0.39 is 5.41 Å². The normalized spacial score (nSPS) is 15.5. The number of nitrogens with one attached hydrogen (secondary N) is 1. The van der Waals surface area contributed by atoms with Crippen LogP contribution >= 0.6 is 0 Å². The predicted molar refractivity (Wildman–Crippen MR) is 93.0 cm³/mol. The molecule has 0 bridgehead atoms. The van der Waals surface area contributed by atoms with Crippen molar-refractivity contribution in [2.45, 2.75) is 39.2 Å². The number of hydrogen-bond donors (Lipinski definition) is 1. The van der Waals surface area contributed by atoms with Gasteiger partial charge in [-0.15, -0.1) is 0 Å². The fraction of sp³-hybridized carbons (Fsp3) is 0.389. The van der Waals surface area contributed by atoms with Crippen molar-refractivity contribution in [2.24, 2.45) is 0 Å². The molecule has 0 radical (unpaired) electrons. The second-order valence-corrected chi connectivity index (χ2v) is 6.45. The number of rotatable bonds is 5. The number of fused-ring (bicyclic) bond motifs is 1. The molecule has 0 saturated heterocycles. The van der Waals surface area contributed by atoms with E-state index in [9.17, 15) is 9.59 Å². The van der Waals surface area contributed by atoms with E-state index in [1.165, 1.54) is 0 Å². The molecule has 0 atom stereocenters. The Morgan fingerprint density at radius 3 is 2.71 bits per heavy atom. The summed E-state index contributed by atoms with van der Waals surface area (Å²) in [6.45, 7) is 6.94. The van der Waals surface area contributed by atoms with Gasteiger partial charge in [-0.1, -0.05) is 18.2 Å². The number of carbonyl (C=O) groups is 2. The minimum Gasteiger partial charge on any atom is -0.311 e. The molecule has 3 rings (SSSR count). The molecule has 6 heteroatoms. The van der Waals surface area contributed by atoms with E-state index in [1.807, 2.05) is 51.2 Å². The Morgan fingerprint density at radius 1 is 1.25 bits per heavy atom. The van der Waals surface area contributed by atoms with Gasteiger partial charge in [-0.25, -0.2) is 0 Å². The summed E-state index contributed by atoms with van der Waals surface area (Å²) < 4.78 is 1.75. The molecule has 0 unspecified atom stereocenters. The number of amides is 2. The van der Waals surface area contributed by atoms with Crippen molar-refractivity contribution in [2.75, 3.05) is 16.8 Å². The van der Waals surface area contributed by atoms with Crippen molar-refractivity contribution in [3.63, 3.8) is 0 Å². The number of aryl methyl sites for hydroxylation is 1. The molecule has 1 aromatic heterocycles. The van der Waals surface area contributed by atoms with Gasteiger partial charge in [0.1, 0.15) is 0 Å². The van der Waals surface area contributed by atoms with E-state index in [2.05, 4.69) is 10.4 Å². The predicted octanol–water partition coefficient (Wildman–Crippen LogP) is 2.56. The topological polar surface area (TPSA) is 67.2 Å². The Bertz CT molecular complexity index is 779. The van der Waals surface area contributed by atoms with Gasteiger partial charge >= 0.3 is 0 Å². The van der Waals surface area contributed by atoms with Crippen LogP contribution in [-0.2, 0) is 21.5 Å². The highest BCUT2D eigenvalue weighted by Gasteiger charge is 2.43. The Morgan fingerprint density at radius 2 is 2.00 bits per heavy atom. The van der Waals surface area contributed by atoms with Crippen LogP contribution in [0.2, 0.25) is 0 Å². The lowest BCUT2D eigenvalue weighted by molar-refractivity contribution is -0.122. The molecule has 24 heavy (non-hydrogen) atoms. The molecular weight excluding hydrogens is 304 g/mol.